The molecule has 7 heteroatoms. The maximum absolute atomic E-state index is 12.9. The smallest absolute Gasteiger partial charge is 0.241 e. The Balaban J connectivity index is 1.11. The SMILES string of the molecule is Cn1ccc2c(S(=O)(=O)NCC3CN(CCOc4cccc5ccccc45)C3)cccc21. The van der Waals surface area contributed by atoms with Crippen LogP contribution in [-0.4, -0.2) is 50.7 Å². The number of nitrogens with zero attached hydrogens (tertiary/aromatic N) is 2. The van der Waals surface area contributed by atoms with Crippen LogP contribution < -0.4 is 9.46 Å². The van der Waals surface area contributed by atoms with Crippen LogP contribution in [-0.2, 0) is 17.1 Å². The lowest BCUT2D eigenvalue weighted by atomic mass is 10.0. The van der Waals surface area contributed by atoms with Crippen molar-refractivity contribution in [2.45, 2.75) is 4.90 Å². The highest BCUT2D eigenvalue weighted by Gasteiger charge is 2.28. The molecule has 0 spiro atoms. The van der Waals surface area contributed by atoms with E-state index in [1.54, 1.807) is 12.1 Å². The highest BCUT2D eigenvalue weighted by Crippen LogP contribution is 2.26. The highest BCUT2D eigenvalue weighted by atomic mass is 32.2. The lowest BCUT2D eigenvalue weighted by Crippen LogP contribution is -2.52. The number of nitrogens with one attached hydrogen (secondary N) is 1. The van der Waals surface area contributed by atoms with Crippen LogP contribution >= 0.6 is 0 Å². The average Bonchev–Trinajstić information content (AvgIpc) is 3.15. The number of fused-ring (bicyclic) bond motifs is 2. The Hall–Kier alpha value is -2.87. The summed E-state index contributed by atoms with van der Waals surface area (Å²) in [7, 11) is -1.63. The molecule has 0 atom stereocenters. The molecule has 1 aliphatic heterocycles. The predicted molar refractivity (Wildman–Crippen MR) is 127 cm³/mol. The molecule has 0 amide bonds. The van der Waals surface area contributed by atoms with Crippen LogP contribution in [0.15, 0.2) is 77.8 Å². The Morgan fingerprint density at radius 3 is 2.62 bits per heavy atom. The van der Waals surface area contributed by atoms with Gasteiger partial charge in [0.1, 0.15) is 12.4 Å². The van der Waals surface area contributed by atoms with E-state index in [2.05, 4.69) is 27.8 Å². The Labute approximate surface area is 188 Å². The van der Waals surface area contributed by atoms with E-state index in [4.69, 9.17) is 4.74 Å². The number of aromatic nitrogens is 1. The molecular formula is C25H27N3O3S. The van der Waals surface area contributed by atoms with Crippen molar-refractivity contribution < 1.29 is 13.2 Å². The Kier molecular flexibility index (Phi) is 5.63. The second-order valence-corrected chi connectivity index (χ2v) is 10.2. The van der Waals surface area contributed by atoms with Crippen LogP contribution in [0.1, 0.15) is 0 Å². The number of hydrogen-bond donors (Lipinski definition) is 1. The molecule has 166 valence electrons. The molecule has 3 aromatic carbocycles. The van der Waals surface area contributed by atoms with E-state index < -0.39 is 10.0 Å². The fraction of sp³-hybridized carbons (Fsp3) is 0.280. The van der Waals surface area contributed by atoms with Gasteiger partial charge in [0.05, 0.1) is 4.90 Å². The van der Waals surface area contributed by atoms with E-state index in [1.807, 2.05) is 54.2 Å². The largest absolute Gasteiger partial charge is 0.492 e. The van der Waals surface area contributed by atoms with Crippen molar-refractivity contribution in [2.75, 3.05) is 32.8 Å². The molecule has 1 aliphatic rings. The summed E-state index contributed by atoms with van der Waals surface area (Å²) < 4.78 is 36.5. The number of ether oxygens (including phenoxy) is 1. The van der Waals surface area contributed by atoms with Crippen LogP contribution in [0.5, 0.6) is 5.75 Å². The first-order valence-corrected chi connectivity index (χ1v) is 12.4. The van der Waals surface area contributed by atoms with Gasteiger partial charge >= 0.3 is 0 Å². The summed E-state index contributed by atoms with van der Waals surface area (Å²) in [4.78, 5) is 2.64. The third-order valence-electron chi connectivity index (χ3n) is 6.19. The normalized spacial score (nSPS) is 15.3. The van der Waals surface area contributed by atoms with Crippen molar-refractivity contribution in [3.8, 4) is 5.75 Å². The minimum Gasteiger partial charge on any atom is -0.492 e. The van der Waals surface area contributed by atoms with Gasteiger partial charge in [-0.05, 0) is 35.6 Å². The van der Waals surface area contributed by atoms with Crippen molar-refractivity contribution in [3.05, 3.63) is 72.9 Å². The number of aryl methyl sites for hydroxylation is 1. The summed E-state index contributed by atoms with van der Waals surface area (Å²) in [6.07, 6.45) is 1.88. The van der Waals surface area contributed by atoms with E-state index in [0.717, 1.165) is 41.7 Å². The van der Waals surface area contributed by atoms with Crippen molar-refractivity contribution in [3.63, 3.8) is 0 Å². The first kappa shape index (κ1) is 21.0. The van der Waals surface area contributed by atoms with E-state index in [0.29, 0.717) is 24.0 Å². The Morgan fingerprint density at radius 2 is 1.75 bits per heavy atom. The number of hydrogen-bond acceptors (Lipinski definition) is 4. The summed E-state index contributed by atoms with van der Waals surface area (Å²) in [5, 5.41) is 3.05. The van der Waals surface area contributed by atoms with Gasteiger partial charge in [-0.25, -0.2) is 13.1 Å². The molecule has 0 aliphatic carbocycles. The predicted octanol–water partition coefficient (Wildman–Crippen LogP) is 3.62. The molecule has 1 aromatic heterocycles. The summed E-state index contributed by atoms with van der Waals surface area (Å²) >= 11 is 0. The minimum absolute atomic E-state index is 0.317. The Bertz CT molecular complexity index is 1350. The van der Waals surface area contributed by atoms with E-state index in [9.17, 15) is 8.42 Å². The van der Waals surface area contributed by atoms with Gasteiger partial charge in [-0.15, -0.1) is 0 Å². The van der Waals surface area contributed by atoms with Crippen LogP contribution in [0, 0.1) is 5.92 Å². The van der Waals surface area contributed by atoms with E-state index >= 15 is 0 Å². The summed E-state index contributed by atoms with van der Waals surface area (Å²) in [6.45, 7) is 3.64. The highest BCUT2D eigenvalue weighted by molar-refractivity contribution is 7.89. The molecule has 1 fully saturated rings. The maximum Gasteiger partial charge on any atom is 0.241 e. The van der Waals surface area contributed by atoms with Crippen molar-refractivity contribution >= 4 is 31.7 Å². The zero-order chi connectivity index (χ0) is 22.1. The summed E-state index contributed by atoms with van der Waals surface area (Å²) in [5.74, 6) is 1.22. The molecule has 2 heterocycles. The number of benzene rings is 3. The standard InChI is InChI=1S/C25H27N3O3S/c1-27-13-12-22-23(27)9-5-11-25(22)32(29,30)26-16-19-17-28(18-19)14-15-31-24-10-4-7-20-6-2-3-8-21(20)24/h2-13,19,26H,14-18H2,1H3. The second kappa shape index (κ2) is 8.58. The van der Waals surface area contributed by atoms with Gasteiger partial charge in [-0.2, -0.15) is 0 Å². The molecule has 0 bridgehead atoms. The zero-order valence-electron chi connectivity index (χ0n) is 18.1. The third kappa shape index (κ3) is 4.11. The monoisotopic (exact) mass is 449 g/mol. The van der Waals surface area contributed by atoms with Crippen molar-refractivity contribution in [2.24, 2.45) is 13.0 Å². The van der Waals surface area contributed by atoms with Crippen molar-refractivity contribution in [1.82, 2.24) is 14.2 Å². The molecule has 1 saturated heterocycles. The fourth-order valence-electron chi connectivity index (χ4n) is 4.41. The van der Waals surface area contributed by atoms with E-state index in [-0.39, 0.29) is 0 Å². The first-order chi connectivity index (χ1) is 15.5. The van der Waals surface area contributed by atoms with Gasteiger partial charge in [0.25, 0.3) is 0 Å². The van der Waals surface area contributed by atoms with Gasteiger partial charge in [0.15, 0.2) is 0 Å². The molecule has 5 rings (SSSR count). The third-order valence-corrected chi connectivity index (χ3v) is 7.67. The number of sulfonamides is 1. The van der Waals surface area contributed by atoms with E-state index in [1.165, 1.54) is 5.39 Å². The van der Waals surface area contributed by atoms with Gasteiger partial charge in [-0.1, -0.05) is 42.5 Å². The number of rotatable bonds is 8. The van der Waals surface area contributed by atoms with Gasteiger partial charge in [-0.3, -0.25) is 4.90 Å². The quantitative estimate of drug-likeness (QED) is 0.446. The maximum atomic E-state index is 12.9. The molecule has 4 aromatic rings. The second-order valence-electron chi connectivity index (χ2n) is 8.42. The molecular weight excluding hydrogens is 422 g/mol. The fourth-order valence-corrected chi connectivity index (χ4v) is 5.74. The van der Waals surface area contributed by atoms with Crippen LogP contribution in [0.25, 0.3) is 21.7 Å². The lowest BCUT2D eigenvalue weighted by Gasteiger charge is -2.39. The molecule has 0 unspecified atom stereocenters. The Morgan fingerprint density at radius 1 is 0.969 bits per heavy atom. The van der Waals surface area contributed by atoms with Crippen LogP contribution in [0.4, 0.5) is 0 Å². The molecule has 0 radical (unpaired) electrons. The molecule has 6 nitrogen and oxygen atoms in total. The first-order valence-electron chi connectivity index (χ1n) is 10.9. The number of likely N-dealkylation sites (tertiary alicyclic amines) is 1. The molecule has 1 N–H and O–H groups in total. The molecule has 0 saturated carbocycles. The minimum atomic E-state index is -3.54. The van der Waals surface area contributed by atoms with Gasteiger partial charge < -0.3 is 9.30 Å². The molecule has 32 heavy (non-hydrogen) atoms. The summed E-state index contributed by atoms with van der Waals surface area (Å²) in [6, 6.07) is 21.6. The topological polar surface area (TPSA) is 63.6 Å². The zero-order valence-corrected chi connectivity index (χ0v) is 18.9. The van der Waals surface area contributed by atoms with Crippen molar-refractivity contribution in [1.29, 1.82) is 0 Å². The average molecular weight is 450 g/mol. The van der Waals surface area contributed by atoms with Crippen LogP contribution in [0.3, 0.4) is 0 Å². The summed E-state index contributed by atoms with van der Waals surface area (Å²) in [5.41, 5.74) is 0.911. The lowest BCUT2D eigenvalue weighted by molar-refractivity contribution is 0.0857. The van der Waals surface area contributed by atoms with Crippen LogP contribution in [0.2, 0.25) is 0 Å². The van der Waals surface area contributed by atoms with Gasteiger partial charge in [0, 0.05) is 55.7 Å². The van der Waals surface area contributed by atoms with Gasteiger partial charge in [0.2, 0.25) is 10.0 Å².